The Balaban J connectivity index is 1.51. The number of thiophene rings is 1. The van der Waals surface area contributed by atoms with E-state index in [0.29, 0.717) is 18.2 Å². The molecule has 2 unspecified atom stereocenters. The minimum Gasteiger partial charge on any atom is -0.497 e. The highest BCUT2D eigenvalue weighted by molar-refractivity contribution is 7.10. The van der Waals surface area contributed by atoms with Gasteiger partial charge < -0.3 is 9.64 Å². The van der Waals surface area contributed by atoms with E-state index in [1.807, 2.05) is 17.4 Å². The van der Waals surface area contributed by atoms with Crippen LogP contribution in [0.25, 0.3) is 0 Å². The molecule has 0 saturated heterocycles. The normalized spacial score (nSPS) is 22.2. The van der Waals surface area contributed by atoms with Crippen LogP contribution in [0.1, 0.15) is 59.7 Å². The molecular formula is C21H25NO2S. The van der Waals surface area contributed by atoms with Gasteiger partial charge in [0.1, 0.15) is 5.75 Å². The monoisotopic (exact) mass is 355 g/mol. The smallest absolute Gasteiger partial charge is 0.223 e. The molecule has 4 rings (SSSR count). The molecule has 3 nitrogen and oxygen atoms in total. The molecular weight excluding hydrogens is 330 g/mol. The minimum atomic E-state index is 0.210. The second-order valence-electron chi connectivity index (χ2n) is 7.17. The lowest BCUT2D eigenvalue weighted by Gasteiger charge is -2.35. The fourth-order valence-corrected chi connectivity index (χ4v) is 5.37. The Morgan fingerprint density at radius 3 is 3.00 bits per heavy atom. The third kappa shape index (κ3) is 3.08. The number of methoxy groups -OCH3 is 1. The number of amides is 1. The second kappa shape index (κ2) is 6.83. The van der Waals surface area contributed by atoms with Crippen molar-refractivity contribution < 1.29 is 9.53 Å². The van der Waals surface area contributed by atoms with Gasteiger partial charge in [-0.3, -0.25) is 4.79 Å². The number of rotatable bonds is 3. The first-order chi connectivity index (χ1) is 12.2. The Labute approximate surface area is 153 Å². The van der Waals surface area contributed by atoms with Crippen LogP contribution in [0.3, 0.4) is 0 Å². The van der Waals surface area contributed by atoms with Crippen molar-refractivity contribution in [2.75, 3.05) is 13.7 Å². The van der Waals surface area contributed by atoms with E-state index in [1.54, 1.807) is 7.11 Å². The number of ether oxygens (including phenoxy) is 1. The van der Waals surface area contributed by atoms with Crippen molar-refractivity contribution >= 4 is 17.2 Å². The van der Waals surface area contributed by atoms with Crippen molar-refractivity contribution in [3.05, 3.63) is 51.2 Å². The van der Waals surface area contributed by atoms with E-state index in [9.17, 15) is 4.79 Å². The molecule has 1 amide bonds. The number of aryl methyl sites for hydroxylation is 1. The van der Waals surface area contributed by atoms with Crippen LogP contribution in [0.2, 0.25) is 0 Å². The summed E-state index contributed by atoms with van der Waals surface area (Å²) in [6, 6.07) is 8.74. The van der Waals surface area contributed by atoms with Gasteiger partial charge in [-0.15, -0.1) is 11.3 Å². The van der Waals surface area contributed by atoms with Gasteiger partial charge >= 0.3 is 0 Å². The molecule has 0 bridgehead atoms. The number of carbonyl (C=O) groups excluding carboxylic acids is 1. The highest BCUT2D eigenvalue weighted by atomic mass is 32.1. The first-order valence-electron chi connectivity index (χ1n) is 9.20. The van der Waals surface area contributed by atoms with Gasteiger partial charge in [0.15, 0.2) is 0 Å². The van der Waals surface area contributed by atoms with Crippen molar-refractivity contribution in [3.8, 4) is 5.75 Å². The summed E-state index contributed by atoms with van der Waals surface area (Å²) in [5, 5.41) is 2.15. The second-order valence-corrected chi connectivity index (χ2v) is 8.17. The van der Waals surface area contributed by atoms with Crippen molar-refractivity contribution in [2.24, 2.45) is 0 Å². The van der Waals surface area contributed by atoms with Crippen molar-refractivity contribution in [1.82, 2.24) is 4.90 Å². The van der Waals surface area contributed by atoms with Crippen molar-refractivity contribution in [1.29, 1.82) is 0 Å². The summed E-state index contributed by atoms with van der Waals surface area (Å²) >= 11 is 1.82. The number of carbonyl (C=O) groups is 1. The Morgan fingerprint density at radius 1 is 1.28 bits per heavy atom. The summed E-state index contributed by atoms with van der Waals surface area (Å²) in [4.78, 5) is 16.6. The lowest BCUT2D eigenvalue weighted by atomic mass is 9.80. The third-order valence-corrected chi connectivity index (χ3v) is 6.80. The van der Waals surface area contributed by atoms with E-state index in [0.717, 1.165) is 38.0 Å². The van der Waals surface area contributed by atoms with Gasteiger partial charge in [-0.2, -0.15) is 0 Å². The van der Waals surface area contributed by atoms with Crippen molar-refractivity contribution in [3.63, 3.8) is 0 Å². The topological polar surface area (TPSA) is 29.5 Å². The molecule has 132 valence electrons. The maximum Gasteiger partial charge on any atom is 0.223 e. The summed E-state index contributed by atoms with van der Waals surface area (Å²) < 4.78 is 5.36. The highest BCUT2D eigenvalue weighted by Gasteiger charge is 2.31. The molecule has 1 aromatic carbocycles. The van der Waals surface area contributed by atoms with Gasteiger partial charge in [-0.25, -0.2) is 0 Å². The maximum atomic E-state index is 13.0. The van der Waals surface area contributed by atoms with E-state index in [1.165, 1.54) is 21.6 Å². The molecule has 1 aliphatic carbocycles. The fourth-order valence-electron chi connectivity index (χ4n) is 4.41. The van der Waals surface area contributed by atoms with Gasteiger partial charge in [0, 0.05) is 17.8 Å². The zero-order valence-corrected chi connectivity index (χ0v) is 15.8. The lowest BCUT2D eigenvalue weighted by Crippen LogP contribution is -2.39. The fraction of sp³-hybridized carbons (Fsp3) is 0.476. The van der Waals surface area contributed by atoms with Crippen LogP contribution >= 0.6 is 11.3 Å². The molecule has 0 fully saturated rings. The third-order valence-electron chi connectivity index (χ3n) is 5.81. The van der Waals surface area contributed by atoms with Crippen LogP contribution in [0, 0.1) is 0 Å². The summed E-state index contributed by atoms with van der Waals surface area (Å²) in [6.07, 6.45) is 4.99. The van der Waals surface area contributed by atoms with Crippen molar-refractivity contribution in [2.45, 2.75) is 51.0 Å². The predicted octanol–water partition coefficient (Wildman–Crippen LogP) is 4.71. The zero-order valence-electron chi connectivity index (χ0n) is 15.0. The molecule has 0 radical (unpaired) electrons. The van der Waals surface area contributed by atoms with E-state index < -0.39 is 0 Å². The van der Waals surface area contributed by atoms with E-state index in [4.69, 9.17) is 4.74 Å². The zero-order chi connectivity index (χ0) is 17.4. The van der Waals surface area contributed by atoms with E-state index in [2.05, 4.69) is 35.4 Å². The Bertz CT molecular complexity index is 782. The van der Waals surface area contributed by atoms with Gasteiger partial charge in [0.05, 0.1) is 13.2 Å². The van der Waals surface area contributed by atoms with Crippen LogP contribution in [-0.4, -0.2) is 24.5 Å². The maximum absolute atomic E-state index is 13.0. The van der Waals surface area contributed by atoms with Gasteiger partial charge in [0.2, 0.25) is 5.91 Å². The average Bonchev–Trinajstić information content (AvgIpc) is 3.11. The highest BCUT2D eigenvalue weighted by Crippen LogP contribution is 2.38. The number of nitrogens with zero attached hydrogens (tertiary/aromatic N) is 1. The molecule has 2 atom stereocenters. The SMILES string of the molecule is COc1ccc2c(c1)CCCC2CC(=O)N1CCc2sccc2C1C. The summed E-state index contributed by atoms with van der Waals surface area (Å²) in [5.74, 6) is 1.57. The quantitative estimate of drug-likeness (QED) is 0.798. The number of fused-ring (bicyclic) bond motifs is 2. The van der Waals surface area contributed by atoms with Crippen LogP contribution < -0.4 is 4.74 Å². The Kier molecular flexibility index (Phi) is 4.55. The van der Waals surface area contributed by atoms with Crippen LogP contribution in [-0.2, 0) is 17.6 Å². The molecule has 0 saturated carbocycles. The molecule has 4 heteroatoms. The summed E-state index contributed by atoms with van der Waals surface area (Å²) in [5.41, 5.74) is 4.05. The summed E-state index contributed by atoms with van der Waals surface area (Å²) in [6.45, 7) is 3.03. The van der Waals surface area contributed by atoms with Gasteiger partial charge in [-0.1, -0.05) is 6.07 Å². The van der Waals surface area contributed by atoms with Crippen LogP contribution in [0.15, 0.2) is 29.6 Å². The molecule has 2 heterocycles. The molecule has 0 N–H and O–H groups in total. The number of benzene rings is 1. The summed E-state index contributed by atoms with van der Waals surface area (Å²) in [7, 11) is 1.71. The van der Waals surface area contributed by atoms with Gasteiger partial charge in [0.25, 0.3) is 0 Å². The first kappa shape index (κ1) is 16.6. The molecule has 1 aliphatic heterocycles. The predicted molar refractivity (Wildman–Crippen MR) is 101 cm³/mol. The average molecular weight is 356 g/mol. The number of hydrogen-bond acceptors (Lipinski definition) is 3. The molecule has 2 aromatic rings. The van der Waals surface area contributed by atoms with Crippen LogP contribution in [0.5, 0.6) is 5.75 Å². The standard InChI is InChI=1S/C21H25NO2S/c1-14-18-9-11-25-20(18)8-10-22(14)21(23)13-16-5-3-4-15-12-17(24-2)6-7-19(15)16/h6-7,9,11-12,14,16H,3-5,8,10,13H2,1-2H3. The molecule has 2 aliphatic rings. The molecule has 1 aromatic heterocycles. The van der Waals surface area contributed by atoms with E-state index in [-0.39, 0.29) is 6.04 Å². The lowest BCUT2D eigenvalue weighted by molar-refractivity contribution is -0.134. The number of hydrogen-bond donors (Lipinski definition) is 0. The Morgan fingerprint density at radius 2 is 2.16 bits per heavy atom. The largest absolute Gasteiger partial charge is 0.497 e. The molecule has 25 heavy (non-hydrogen) atoms. The first-order valence-corrected chi connectivity index (χ1v) is 10.1. The Hall–Kier alpha value is -1.81. The molecule has 0 spiro atoms. The van der Waals surface area contributed by atoms with Crippen LogP contribution in [0.4, 0.5) is 0 Å². The minimum absolute atomic E-state index is 0.210. The van der Waals surface area contributed by atoms with E-state index >= 15 is 0 Å². The van der Waals surface area contributed by atoms with Gasteiger partial charge in [-0.05, 0) is 78.8 Å².